The Morgan fingerprint density at radius 3 is 2.11 bits per heavy atom. The molecule has 0 spiro atoms. The van der Waals surface area contributed by atoms with E-state index in [-0.39, 0.29) is 51.9 Å². The summed E-state index contributed by atoms with van der Waals surface area (Å²) in [5.41, 5.74) is 0.417. The number of halogens is 1. The Balaban J connectivity index is 0.00000720. The molecular formula is C42H47ClO23. The fourth-order valence-electron chi connectivity index (χ4n) is 7.16. The van der Waals surface area contributed by atoms with Crippen molar-refractivity contribution in [2.45, 2.75) is 86.0 Å². The first-order valence-electron chi connectivity index (χ1n) is 19.8. The Morgan fingerprint density at radius 1 is 0.697 bits per heavy atom. The molecule has 360 valence electrons. The molecule has 0 amide bonds. The molecule has 4 heterocycles. The zero-order valence-electron chi connectivity index (χ0n) is 34.3. The van der Waals surface area contributed by atoms with Gasteiger partial charge in [0.25, 0.3) is 0 Å². The number of methoxy groups -OCH3 is 1. The van der Waals surface area contributed by atoms with Crippen molar-refractivity contribution in [1.82, 2.24) is 0 Å². The lowest BCUT2D eigenvalue weighted by Gasteiger charge is -2.45. The highest BCUT2D eigenvalue weighted by molar-refractivity contribution is 5.89. The highest BCUT2D eigenvalue weighted by atomic mass is 35.5. The SMILES string of the molecule is COc1cc(/C=C/C(=O)OC[C@H]2O[C@@H](OC[C@H]3O[C@@H](Oc4cc5c(O)cc(O)cc5[o+]c4-c4ccc(O)c(O)c4)[C@H](O[C@@H]4OC[C@@H](O)[C@H](O)[C@H]4O)[C@@H](O)[C@H]3O)[C@H](O)[C@@H](O)[C@@H]2O)ccc1O.[Cl-]. The number of aromatic hydroxyl groups is 5. The number of hydrogen-bond acceptors (Lipinski definition) is 22. The van der Waals surface area contributed by atoms with E-state index in [0.717, 1.165) is 30.3 Å². The van der Waals surface area contributed by atoms with Crippen LogP contribution in [0.25, 0.3) is 28.4 Å². The lowest BCUT2D eigenvalue weighted by Crippen LogP contribution is -3.00. The Morgan fingerprint density at radius 2 is 1.38 bits per heavy atom. The van der Waals surface area contributed by atoms with Crippen LogP contribution >= 0.6 is 0 Å². The van der Waals surface area contributed by atoms with Crippen molar-refractivity contribution in [1.29, 1.82) is 0 Å². The Bertz CT molecular complexity index is 2350. The largest absolute Gasteiger partial charge is 1.00 e. The van der Waals surface area contributed by atoms with Gasteiger partial charge in [-0.1, -0.05) is 6.07 Å². The van der Waals surface area contributed by atoms with Gasteiger partial charge in [-0.3, -0.25) is 0 Å². The molecule has 0 bridgehead atoms. The molecule has 4 aromatic rings. The molecule has 1 aromatic heterocycles. The van der Waals surface area contributed by atoms with Gasteiger partial charge < -0.3 is 117 Å². The summed E-state index contributed by atoms with van der Waals surface area (Å²) in [4.78, 5) is 12.5. The summed E-state index contributed by atoms with van der Waals surface area (Å²) in [6.45, 7) is -1.95. The fourth-order valence-corrected chi connectivity index (χ4v) is 7.16. The Hall–Kier alpha value is -5.35. The molecule has 7 rings (SSSR count). The van der Waals surface area contributed by atoms with Crippen LogP contribution in [-0.2, 0) is 33.2 Å². The maximum Gasteiger partial charge on any atom is 0.402 e. The van der Waals surface area contributed by atoms with Crippen molar-refractivity contribution in [3.63, 3.8) is 0 Å². The van der Waals surface area contributed by atoms with E-state index < -0.39 is 135 Å². The maximum absolute atomic E-state index is 12.5. The van der Waals surface area contributed by atoms with Gasteiger partial charge in [0.1, 0.15) is 84.5 Å². The third-order valence-corrected chi connectivity index (χ3v) is 10.8. The predicted molar refractivity (Wildman–Crippen MR) is 214 cm³/mol. The van der Waals surface area contributed by atoms with E-state index in [1.807, 2.05) is 0 Å². The van der Waals surface area contributed by atoms with Crippen LogP contribution in [0.3, 0.4) is 0 Å². The molecule has 3 aliphatic rings. The Labute approximate surface area is 379 Å². The molecule has 14 atom stereocenters. The van der Waals surface area contributed by atoms with Gasteiger partial charge in [0.15, 0.2) is 41.7 Å². The van der Waals surface area contributed by atoms with E-state index >= 15 is 0 Å². The summed E-state index contributed by atoms with van der Waals surface area (Å²) < 4.78 is 51.0. The van der Waals surface area contributed by atoms with E-state index in [1.54, 1.807) is 0 Å². The number of ether oxygens (including phenoxy) is 8. The first kappa shape index (κ1) is 50.1. The highest BCUT2D eigenvalue weighted by Crippen LogP contribution is 2.43. The smallest absolute Gasteiger partial charge is 0.402 e. The van der Waals surface area contributed by atoms with Crippen LogP contribution in [0.2, 0.25) is 0 Å². The number of benzene rings is 3. The molecular weight excluding hydrogens is 908 g/mol. The first-order valence-corrected chi connectivity index (χ1v) is 19.8. The van der Waals surface area contributed by atoms with E-state index in [0.29, 0.717) is 5.56 Å². The number of aliphatic hydroxyl groups is 8. The lowest BCUT2D eigenvalue weighted by atomic mass is 9.98. The van der Waals surface area contributed by atoms with Gasteiger partial charge in [0.2, 0.25) is 12.0 Å². The van der Waals surface area contributed by atoms with Crippen molar-refractivity contribution in [3.05, 3.63) is 66.2 Å². The fraction of sp³-hybridized carbons (Fsp3) is 0.429. The van der Waals surface area contributed by atoms with Crippen molar-refractivity contribution in [2.75, 3.05) is 26.9 Å². The topological polar surface area (TPSA) is 365 Å². The number of esters is 1. The monoisotopic (exact) mass is 954 g/mol. The van der Waals surface area contributed by atoms with Gasteiger partial charge >= 0.3 is 17.3 Å². The molecule has 0 radical (unpaired) electrons. The Kier molecular flexibility index (Phi) is 16.0. The standard InChI is InChI=1S/C42H46O23.ClH/c1-57-26-8-16(2-5-21(26)45)3-7-30(49)58-14-28-32(51)34(53)37(56)40(63-28)60-15-29-33(52)35(54)39(65-41-36(55)31(50)24(48)13-59-41)42(64-29)62-27-12-19-22(46)10-18(43)11-25(19)61-38(27)17-4-6-20(44)23(47)9-17;/h2-12,24,28-29,31-37,39-42,48,50-56H,13-15H2,1H3,(H4-,43,44,45,46,47,49);1H/t24-,28-,29-,31+,32-,33+,34+,35+,36-,37-,39-,40-,41+,42-;/m1./s1. The number of phenolic OH excluding ortho intramolecular Hbond substituents is 5. The van der Waals surface area contributed by atoms with Crippen LogP contribution in [0.1, 0.15) is 5.56 Å². The lowest BCUT2D eigenvalue weighted by molar-refractivity contribution is -0.353. The van der Waals surface area contributed by atoms with Crippen molar-refractivity contribution < 1.29 is 126 Å². The van der Waals surface area contributed by atoms with Crippen LogP contribution in [-0.4, -0.2) is 185 Å². The minimum atomic E-state index is -2.03. The second-order valence-electron chi connectivity index (χ2n) is 15.3. The van der Waals surface area contributed by atoms with Crippen molar-refractivity contribution >= 4 is 23.0 Å². The molecule has 66 heavy (non-hydrogen) atoms. The number of hydrogen-bond donors (Lipinski definition) is 13. The molecule has 0 aliphatic carbocycles. The van der Waals surface area contributed by atoms with Crippen LogP contribution in [0.4, 0.5) is 0 Å². The maximum atomic E-state index is 12.5. The van der Waals surface area contributed by atoms with Crippen LogP contribution < -0.4 is 21.9 Å². The molecule has 3 fully saturated rings. The molecule has 0 unspecified atom stereocenters. The number of carbonyl (C=O) groups excluding carboxylic acids is 1. The second-order valence-corrected chi connectivity index (χ2v) is 15.3. The molecule has 23 nitrogen and oxygen atoms in total. The minimum Gasteiger partial charge on any atom is -1.00 e. The molecule has 13 N–H and O–H groups in total. The molecule has 3 aromatic carbocycles. The van der Waals surface area contributed by atoms with Crippen LogP contribution in [0, 0.1) is 0 Å². The number of phenols is 5. The summed E-state index contributed by atoms with van der Waals surface area (Å²) in [5.74, 6) is -3.40. The van der Waals surface area contributed by atoms with Gasteiger partial charge in [-0.15, -0.1) is 0 Å². The van der Waals surface area contributed by atoms with Gasteiger partial charge in [-0.2, -0.15) is 0 Å². The molecule has 0 saturated carbocycles. The third kappa shape index (κ3) is 10.8. The predicted octanol–water partition coefficient (Wildman–Crippen LogP) is -4.35. The summed E-state index contributed by atoms with van der Waals surface area (Å²) >= 11 is 0. The van der Waals surface area contributed by atoms with Crippen molar-refractivity contribution in [2.24, 2.45) is 0 Å². The van der Waals surface area contributed by atoms with E-state index in [1.165, 1.54) is 43.5 Å². The van der Waals surface area contributed by atoms with Gasteiger partial charge in [-0.05, 0) is 35.9 Å². The minimum absolute atomic E-state index is 0. The van der Waals surface area contributed by atoms with E-state index in [2.05, 4.69) is 0 Å². The zero-order chi connectivity index (χ0) is 46.9. The van der Waals surface area contributed by atoms with Crippen molar-refractivity contribution in [3.8, 4) is 51.6 Å². The average Bonchev–Trinajstić information content (AvgIpc) is 3.28. The van der Waals surface area contributed by atoms with Gasteiger partial charge in [0.05, 0.1) is 32.0 Å². The van der Waals surface area contributed by atoms with Gasteiger partial charge in [-0.25, -0.2) is 9.21 Å². The third-order valence-electron chi connectivity index (χ3n) is 10.8. The van der Waals surface area contributed by atoms with E-state index in [9.17, 15) is 71.2 Å². The number of rotatable bonds is 13. The van der Waals surface area contributed by atoms with E-state index in [4.69, 9.17) is 42.3 Å². The average molecular weight is 955 g/mol. The number of fused-ring (bicyclic) bond motifs is 1. The van der Waals surface area contributed by atoms with Crippen LogP contribution in [0.5, 0.6) is 40.2 Å². The van der Waals surface area contributed by atoms with Crippen LogP contribution in [0.15, 0.2) is 65.1 Å². The number of carbonyl (C=O) groups is 1. The second kappa shape index (κ2) is 21.1. The normalized spacial score (nSPS) is 31.3. The number of aliphatic hydroxyl groups excluding tert-OH is 8. The van der Waals surface area contributed by atoms with Gasteiger partial charge in [0, 0.05) is 24.3 Å². The summed E-state index contributed by atoms with van der Waals surface area (Å²) in [6.07, 6.45) is -22.8. The highest BCUT2D eigenvalue weighted by Gasteiger charge is 2.52. The molecule has 3 saturated heterocycles. The quantitative estimate of drug-likeness (QED) is 0.0261. The summed E-state index contributed by atoms with van der Waals surface area (Å²) in [6, 6.07) is 11.2. The first-order chi connectivity index (χ1) is 30.9. The summed E-state index contributed by atoms with van der Waals surface area (Å²) in [5, 5.41) is 137. The summed E-state index contributed by atoms with van der Waals surface area (Å²) in [7, 11) is 1.34. The molecule has 3 aliphatic heterocycles. The zero-order valence-corrected chi connectivity index (χ0v) is 35.1. The molecule has 24 heteroatoms.